The summed E-state index contributed by atoms with van der Waals surface area (Å²) in [6.45, 7) is -0.470. The van der Waals surface area contributed by atoms with Crippen LogP contribution >= 0.6 is 0 Å². The summed E-state index contributed by atoms with van der Waals surface area (Å²) >= 11 is 0. The monoisotopic (exact) mass is 375 g/mol. The molecular formula is C23H21NO4. The van der Waals surface area contributed by atoms with E-state index in [2.05, 4.69) is 5.32 Å². The molecule has 0 aliphatic rings. The predicted molar refractivity (Wildman–Crippen MR) is 107 cm³/mol. The highest BCUT2D eigenvalue weighted by atomic mass is 16.5. The number of aliphatic hydroxyl groups excluding tert-OH is 1. The van der Waals surface area contributed by atoms with Crippen molar-refractivity contribution in [2.45, 2.75) is 12.5 Å². The number of benzene rings is 3. The quantitative estimate of drug-likeness (QED) is 0.620. The van der Waals surface area contributed by atoms with Crippen LogP contribution in [0.1, 0.15) is 22.8 Å². The average Bonchev–Trinajstić information content (AvgIpc) is 2.74. The van der Waals surface area contributed by atoms with Gasteiger partial charge in [-0.25, -0.2) is 4.79 Å². The number of esters is 1. The molecule has 0 heterocycles. The lowest BCUT2D eigenvalue weighted by Crippen LogP contribution is -2.24. The van der Waals surface area contributed by atoms with E-state index in [1.807, 2.05) is 48.5 Å². The topological polar surface area (TPSA) is 75.6 Å². The fourth-order valence-electron chi connectivity index (χ4n) is 2.79. The normalized spacial score (nSPS) is 11.5. The Labute approximate surface area is 163 Å². The molecule has 1 amide bonds. The SMILES string of the molecule is O=C(COC(=O)[C@@H](O)c1ccccc1)Nc1ccccc1Cc1ccccc1. The Kier molecular flexibility index (Phi) is 6.54. The zero-order valence-electron chi connectivity index (χ0n) is 15.2. The molecule has 0 aromatic heterocycles. The smallest absolute Gasteiger partial charge is 0.340 e. The van der Waals surface area contributed by atoms with Crippen molar-refractivity contribution in [1.29, 1.82) is 0 Å². The predicted octanol–water partition coefficient (Wildman–Crippen LogP) is 3.49. The Hall–Kier alpha value is -3.44. The van der Waals surface area contributed by atoms with Gasteiger partial charge in [0.2, 0.25) is 0 Å². The van der Waals surface area contributed by atoms with Crippen LogP contribution in [0.4, 0.5) is 5.69 Å². The summed E-state index contributed by atoms with van der Waals surface area (Å²) in [7, 11) is 0. The van der Waals surface area contributed by atoms with Crippen molar-refractivity contribution in [3.05, 3.63) is 102 Å². The summed E-state index contributed by atoms with van der Waals surface area (Å²) < 4.78 is 4.95. The Bertz CT molecular complexity index is 926. The number of hydrogen-bond acceptors (Lipinski definition) is 4. The maximum atomic E-state index is 12.2. The van der Waals surface area contributed by atoms with Gasteiger partial charge in [-0.3, -0.25) is 4.79 Å². The summed E-state index contributed by atoms with van der Waals surface area (Å²) in [5, 5.41) is 12.8. The van der Waals surface area contributed by atoms with E-state index in [0.29, 0.717) is 17.7 Å². The number of rotatable bonds is 7. The second-order valence-corrected chi connectivity index (χ2v) is 6.29. The summed E-state index contributed by atoms with van der Waals surface area (Å²) in [6.07, 6.45) is -0.747. The molecule has 28 heavy (non-hydrogen) atoms. The minimum absolute atomic E-state index is 0.418. The van der Waals surface area contributed by atoms with Gasteiger partial charge in [0.15, 0.2) is 12.7 Å². The molecule has 3 aromatic rings. The van der Waals surface area contributed by atoms with Gasteiger partial charge in [0.1, 0.15) is 0 Å². The molecule has 0 fully saturated rings. The van der Waals surface area contributed by atoms with Gasteiger partial charge in [-0.05, 0) is 29.2 Å². The van der Waals surface area contributed by atoms with Crippen LogP contribution in [0.5, 0.6) is 0 Å². The summed E-state index contributed by atoms with van der Waals surface area (Å²) in [4.78, 5) is 24.2. The number of anilines is 1. The molecule has 3 rings (SSSR count). The first kappa shape index (κ1) is 19.3. The Morgan fingerprint density at radius 3 is 2.18 bits per heavy atom. The molecule has 1 atom stereocenters. The van der Waals surface area contributed by atoms with Gasteiger partial charge < -0.3 is 15.2 Å². The molecule has 0 saturated heterocycles. The van der Waals surface area contributed by atoms with Crippen LogP contribution < -0.4 is 5.32 Å². The highest BCUT2D eigenvalue weighted by Gasteiger charge is 2.20. The molecule has 0 aliphatic carbocycles. The Morgan fingerprint density at radius 1 is 0.857 bits per heavy atom. The molecular weight excluding hydrogens is 354 g/mol. The van der Waals surface area contributed by atoms with Gasteiger partial charge in [0.05, 0.1) is 0 Å². The lowest BCUT2D eigenvalue weighted by Gasteiger charge is -2.13. The van der Waals surface area contributed by atoms with Crippen LogP contribution in [0, 0.1) is 0 Å². The van der Waals surface area contributed by atoms with Gasteiger partial charge in [-0.15, -0.1) is 0 Å². The molecule has 0 spiro atoms. The molecule has 0 aliphatic heterocycles. The number of carbonyl (C=O) groups excluding carboxylic acids is 2. The van der Waals surface area contributed by atoms with Gasteiger partial charge in [-0.2, -0.15) is 0 Å². The van der Waals surface area contributed by atoms with E-state index in [4.69, 9.17) is 4.74 Å². The van der Waals surface area contributed by atoms with Gasteiger partial charge in [-0.1, -0.05) is 78.9 Å². The third-order valence-electron chi connectivity index (χ3n) is 4.21. The molecule has 0 radical (unpaired) electrons. The molecule has 2 N–H and O–H groups in total. The van der Waals surface area contributed by atoms with E-state index in [9.17, 15) is 14.7 Å². The van der Waals surface area contributed by atoms with Crippen molar-refractivity contribution in [2.75, 3.05) is 11.9 Å². The van der Waals surface area contributed by atoms with Crippen LogP contribution in [0.25, 0.3) is 0 Å². The minimum atomic E-state index is -1.42. The number of aliphatic hydroxyl groups is 1. The largest absolute Gasteiger partial charge is 0.453 e. The first-order valence-electron chi connectivity index (χ1n) is 8.95. The van der Waals surface area contributed by atoms with Crippen molar-refractivity contribution in [1.82, 2.24) is 0 Å². The molecule has 5 nitrogen and oxygen atoms in total. The van der Waals surface area contributed by atoms with E-state index < -0.39 is 24.6 Å². The molecule has 5 heteroatoms. The van der Waals surface area contributed by atoms with Crippen molar-refractivity contribution >= 4 is 17.6 Å². The fraction of sp³-hybridized carbons (Fsp3) is 0.130. The van der Waals surface area contributed by atoms with Gasteiger partial charge >= 0.3 is 5.97 Å². The van der Waals surface area contributed by atoms with E-state index in [0.717, 1.165) is 11.1 Å². The van der Waals surface area contributed by atoms with Gasteiger partial charge in [0.25, 0.3) is 5.91 Å². The standard InChI is InChI=1S/C23H21NO4/c25-21(16-28-23(27)22(26)18-11-5-2-6-12-18)24-20-14-8-7-13-19(20)15-17-9-3-1-4-10-17/h1-14,22,26H,15-16H2,(H,24,25)/t22-/m0/s1. The first-order valence-corrected chi connectivity index (χ1v) is 8.95. The third-order valence-corrected chi connectivity index (χ3v) is 4.21. The molecule has 0 unspecified atom stereocenters. The van der Waals surface area contributed by atoms with E-state index in [1.165, 1.54) is 0 Å². The second-order valence-electron chi connectivity index (χ2n) is 6.29. The number of carbonyl (C=O) groups is 2. The maximum Gasteiger partial charge on any atom is 0.340 e. The number of ether oxygens (including phenoxy) is 1. The van der Waals surface area contributed by atoms with Crippen LogP contribution in [0.15, 0.2) is 84.9 Å². The van der Waals surface area contributed by atoms with E-state index in [1.54, 1.807) is 36.4 Å². The second kappa shape index (κ2) is 9.48. The van der Waals surface area contributed by atoms with E-state index >= 15 is 0 Å². The van der Waals surface area contributed by atoms with Gasteiger partial charge in [0, 0.05) is 5.69 Å². The number of nitrogens with one attached hydrogen (secondary N) is 1. The highest BCUT2D eigenvalue weighted by Crippen LogP contribution is 2.19. The van der Waals surface area contributed by atoms with Crippen molar-refractivity contribution < 1.29 is 19.4 Å². The van der Waals surface area contributed by atoms with Crippen molar-refractivity contribution in [3.63, 3.8) is 0 Å². The molecule has 3 aromatic carbocycles. The Morgan fingerprint density at radius 2 is 1.46 bits per heavy atom. The lowest BCUT2D eigenvalue weighted by molar-refractivity contribution is -0.156. The zero-order chi connectivity index (χ0) is 19.8. The Balaban J connectivity index is 1.57. The van der Waals surface area contributed by atoms with Crippen LogP contribution in [0.2, 0.25) is 0 Å². The zero-order valence-corrected chi connectivity index (χ0v) is 15.2. The average molecular weight is 375 g/mol. The summed E-state index contributed by atoms with van der Waals surface area (Å²) in [6, 6.07) is 25.8. The van der Waals surface area contributed by atoms with Crippen LogP contribution in [-0.4, -0.2) is 23.6 Å². The highest BCUT2D eigenvalue weighted by molar-refractivity contribution is 5.93. The van der Waals surface area contributed by atoms with E-state index in [-0.39, 0.29) is 0 Å². The first-order chi connectivity index (χ1) is 13.6. The number of para-hydroxylation sites is 1. The molecule has 142 valence electrons. The number of amides is 1. The fourth-order valence-corrected chi connectivity index (χ4v) is 2.79. The molecule has 0 saturated carbocycles. The minimum Gasteiger partial charge on any atom is -0.453 e. The third kappa shape index (κ3) is 5.28. The number of hydrogen-bond donors (Lipinski definition) is 2. The lowest BCUT2D eigenvalue weighted by atomic mass is 10.0. The van der Waals surface area contributed by atoms with Crippen LogP contribution in [-0.2, 0) is 20.7 Å². The molecule has 0 bridgehead atoms. The van der Waals surface area contributed by atoms with Crippen molar-refractivity contribution in [3.8, 4) is 0 Å². The van der Waals surface area contributed by atoms with Crippen molar-refractivity contribution in [2.24, 2.45) is 0 Å². The summed E-state index contributed by atoms with van der Waals surface area (Å²) in [5.41, 5.74) is 3.16. The summed E-state index contributed by atoms with van der Waals surface area (Å²) in [5.74, 6) is -1.33. The maximum absolute atomic E-state index is 12.2. The van der Waals surface area contributed by atoms with Crippen LogP contribution in [0.3, 0.4) is 0 Å².